The fourth-order valence-corrected chi connectivity index (χ4v) is 5.03. The molecule has 5 rings (SSSR count). The fourth-order valence-electron chi connectivity index (χ4n) is 5.03. The molecule has 3 aromatic rings. The van der Waals surface area contributed by atoms with Crippen LogP contribution < -0.4 is 20.7 Å². The second kappa shape index (κ2) is 10.8. The van der Waals surface area contributed by atoms with Crippen LogP contribution in [-0.2, 0) is 17.9 Å². The first-order chi connectivity index (χ1) is 17.2. The van der Waals surface area contributed by atoms with Crippen LogP contribution in [0, 0.1) is 5.92 Å². The van der Waals surface area contributed by atoms with E-state index in [4.69, 9.17) is 0 Å². The van der Waals surface area contributed by atoms with Gasteiger partial charge in [0.2, 0.25) is 5.91 Å². The monoisotopic (exact) mass is 471 g/mol. The zero-order valence-corrected chi connectivity index (χ0v) is 20.1. The van der Waals surface area contributed by atoms with Crippen molar-refractivity contribution < 1.29 is 4.79 Å². The molecule has 2 aliphatic rings. The summed E-state index contributed by atoms with van der Waals surface area (Å²) in [5.41, 5.74) is 4.07. The van der Waals surface area contributed by atoms with E-state index in [1.807, 2.05) is 30.3 Å². The zero-order valence-electron chi connectivity index (χ0n) is 20.1. The van der Waals surface area contributed by atoms with Gasteiger partial charge in [0.15, 0.2) is 0 Å². The van der Waals surface area contributed by atoms with Crippen molar-refractivity contribution in [2.24, 2.45) is 5.92 Å². The average molecular weight is 472 g/mol. The van der Waals surface area contributed by atoms with E-state index in [0.29, 0.717) is 19.6 Å². The van der Waals surface area contributed by atoms with Crippen molar-refractivity contribution in [1.29, 1.82) is 0 Å². The standard InChI is InChI=1S/C28H33N5O2/c34-27-17-26(19-30-33(27)20-23-7-2-1-3-8-23)32-16-6-9-24(21-32)28(35)29-18-22-10-12-25(13-11-22)31-14-4-5-15-31/h1-3,7-8,10-13,17,19,24H,4-6,9,14-16,18,20-21H2,(H,29,35). The second-order valence-electron chi connectivity index (χ2n) is 9.56. The Hall–Kier alpha value is -3.61. The summed E-state index contributed by atoms with van der Waals surface area (Å²) >= 11 is 0. The Bertz CT molecular complexity index is 1190. The van der Waals surface area contributed by atoms with Gasteiger partial charge in [0.1, 0.15) is 0 Å². The van der Waals surface area contributed by atoms with Crippen LogP contribution in [0.3, 0.4) is 0 Å². The van der Waals surface area contributed by atoms with E-state index in [1.54, 1.807) is 12.3 Å². The SMILES string of the molecule is O=C(NCc1ccc(N2CCCC2)cc1)C1CCCN(c2cnn(Cc3ccccc3)c(=O)c2)C1. The van der Waals surface area contributed by atoms with Crippen molar-refractivity contribution in [2.75, 3.05) is 36.0 Å². The molecule has 1 unspecified atom stereocenters. The number of hydrogen-bond acceptors (Lipinski definition) is 5. The van der Waals surface area contributed by atoms with Gasteiger partial charge in [-0.1, -0.05) is 42.5 Å². The molecule has 1 aromatic heterocycles. The molecule has 0 spiro atoms. The number of nitrogens with one attached hydrogen (secondary N) is 1. The van der Waals surface area contributed by atoms with Gasteiger partial charge in [0, 0.05) is 44.5 Å². The number of piperidine rings is 1. The van der Waals surface area contributed by atoms with Gasteiger partial charge in [-0.2, -0.15) is 5.10 Å². The summed E-state index contributed by atoms with van der Waals surface area (Å²) in [5.74, 6) is -0.0249. The van der Waals surface area contributed by atoms with Gasteiger partial charge in [0.25, 0.3) is 5.56 Å². The number of benzene rings is 2. The van der Waals surface area contributed by atoms with Crippen LogP contribution in [0.4, 0.5) is 11.4 Å². The second-order valence-corrected chi connectivity index (χ2v) is 9.56. The summed E-state index contributed by atoms with van der Waals surface area (Å²) in [5, 5.41) is 7.51. The molecule has 1 amide bonds. The molecule has 0 bridgehead atoms. The van der Waals surface area contributed by atoms with Gasteiger partial charge in [-0.15, -0.1) is 0 Å². The molecule has 7 nitrogen and oxygen atoms in total. The summed E-state index contributed by atoms with van der Waals surface area (Å²) < 4.78 is 1.47. The first-order valence-corrected chi connectivity index (χ1v) is 12.6. The van der Waals surface area contributed by atoms with Gasteiger partial charge in [-0.25, -0.2) is 4.68 Å². The van der Waals surface area contributed by atoms with E-state index in [2.05, 4.69) is 44.5 Å². The van der Waals surface area contributed by atoms with Gasteiger partial charge in [0.05, 0.1) is 24.3 Å². The fraction of sp³-hybridized carbons (Fsp3) is 0.393. The van der Waals surface area contributed by atoms with Gasteiger partial charge < -0.3 is 15.1 Å². The molecule has 2 aliphatic heterocycles. The first-order valence-electron chi connectivity index (χ1n) is 12.6. The maximum Gasteiger partial charge on any atom is 0.269 e. The normalized spacial score (nSPS) is 18.0. The predicted molar refractivity (Wildman–Crippen MR) is 139 cm³/mol. The largest absolute Gasteiger partial charge is 0.372 e. The Morgan fingerprint density at radius 3 is 2.37 bits per heavy atom. The number of amides is 1. The Balaban J connectivity index is 1.16. The van der Waals surface area contributed by atoms with E-state index in [1.165, 1.54) is 23.2 Å². The Kier molecular flexibility index (Phi) is 7.12. The highest BCUT2D eigenvalue weighted by atomic mass is 16.2. The average Bonchev–Trinajstić information content (AvgIpc) is 3.45. The van der Waals surface area contributed by atoms with E-state index >= 15 is 0 Å². The van der Waals surface area contributed by atoms with Gasteiger partial charge in [-0.3, -0.25) is 9.59 Å². The number of hydrogen-bond donors (Lipinski definition) is 1. The summed E-state index contributed by atoms with van der Waals surface area (Å²) in [6.07, 6.45) is 6.04. The van der Waals surface area contributed by atoms with E-state index < -0.39 is 0 Å². The van der Waals surface area contributed by atoms with E-state index in [9.17, 15) is 9.59 Å². The lowest BCUT2D eigenvalue weighted by Crippen LogP contribution is -2.43. The molecule has 7 heteroatoms. The minimum absolute atomic E-state index is 0.0729. The Labute approximate surface area is 206 Å². The highest BCUT2D eigenvalue weighted by Gasteiger charge is 2.26. The number of aromatic nitrogens is 2. The minimum Gasteiger partial charge on any atom is -0.372 e. The maximum absolute atomic E-state index is 12.9. The molecule has 2 fully saturated rings. The lowest BCUT2D eigenvalue weighted by Gasteiger charge is -2.33. The Morgan fingerprint density at radius 2 is 1.63 bits per heavy atom. The number of rotatable bonds is 7. The van der Waals surface area contributed by atoms with Crippen LogP contribution in [0.2, 0.25) is 0 Å². The number of carbonyl (C=O) groups is 1. The van der Waals surface area contributed by atoms with E-state index in [-0.39, 0.29) is 17.4 Å². The zero-order chi connectivity index (χ0) is 24.0. The van der Waals surface area contributed by atoms with Gasteiger partial charge in [-0.05, 0) is 48.9 Å². The summed E-state index contributed by atoms with van der Waals surface area (Å²) in [6.45, 7) is 4.67. The lowest BCUT2D eigenvalue weighted by atomic mass is 9.96. The third-order valence-electron chi connectivity index (χ3n) is 7.06. The number of nitrogens with zero attached hydrogens (tertiary/aromatic N) is 4. The summed E-state index contributed by atoms with van der Waals surface area (Å²) in [6, 6.07) is 20.0. The molecule has 2 aromatic carbocycles. The molecular formula is C28H33N5O2. The number of anilines is 2. The van der Waals surface area contributed by atoms with Crippen molar-refractivity contribution in [1.82, 2.24) is 15.1 Å². The predicted octanol–water partition coefficient (Wildman–Crippen LogP) is 3.42. The quantitative estimate of drug-likeness (QED) is 0.572. The third kappa shape index (κ3) is 5.73. The highest BCUT2D eigenvalue weighted by molar-refractivity contribution is 5.79. The van der Waals surface area contributed by atoms with Crippen LogP contribution >= 0.6 is 0 Å². The van der Waals surface area contributed by atoms with Crippen LogP contribution in [0.1, 0.15) is 36.8 Å². The first kappa shape index (κ1) is 23.1. The lowest BCUT2D eigenvalue weighted by molar-refractivity contribution is -0.125. The van der Waals surface area contributed by atoms with Crippen molar-refractivity contribution >= 4 is 17.3 Å². The van der Waals surface area contributed by atoms with Crippen molar-refractivity contribution in [3.63, 3.8) is 0 Å². The Morgan fingerprint density at radius 1 is 0.886 bits per heavy atom. The third-order valence-corrected chi connectivity index (χ3v) is 7.06. The molecule has 2 saturated heterocycles. The summed E-state index contributed by atoms with van der Waals surface area (Å²) in [7, 11) is 0. The maximum atomic E-state index is 12.9. The smallest absolute Gasteiger partial charge is 0.269 e. The van der Waals surface area contributed by atoms with Crippen LogP contribution in [0.15, 0.2) is 71.7 Å². The van der Waals surface area contributed by atoms with Crippen LogP contribution in [-0.4, -0.2) is 41.9 Å². The summed E-state index contributed by atoms with van der Waals surface area (Å²) in [4.78, 5) is 30.1. The molecule has 0 aliphatic carbocycles. The molecule has 1 N–H and O–H groups in total. The van der Waals surface area contributed by atoms with Crippen molar-refractivity contribution in [2.45, 2.75) is 38.8 Å². The molecule has 1 atom stereocenters. The van der Waals surface area contributed by atoms with Crippen LogP contribution in [0.5, 0.6) is 0 Å². The van der Waals surface area contributed by atoms with Crippen LogP contribution in [0.25, 0.3) is 0 Å². The number of carbonyl (C=O) groups excluding carboxylic acids is 1. The molecule has 182 valence electrons. The molecule has 35 heavy (non-hydrogen) atoms. The van der Waals surface area contributed by atoms with Crippen molar-refractivity contribution in [3.05, 3.63) is 88.3 Å². The topological polar surface area (TPSA) is 70.5 Å². The highest BCUT2D eigenvalue weighted by Crippen LogP contribution is 2.23. The minimum atomic E-state index is -0.129. The molecule has 3 heterocycles. The molecule has 0 saturated carbocycles. The van der Waals surface area contributed by atoms with Gasteiger partial charge >= 0.3 is 0 Å². The molecule has 0 radical (unpaired) electrons. The molecular weight excluding hydrogens is 438 g/mol. The van der Waals surface area contributed by atoms with E-state index in [0.717, 1.165) is 49.3 Å². The van der Waals surface area contributed by atoms with Crippen molar-refractivity contribution in [3.8, 4) is 0 Å².